The highest BCUT2D eigenvalue weighted by atomic mass is 16.3. The topological polar surface area (TPSA) is 64.6 Å². The summed E-state index contributed by atoms with van der Waals surface area (Å²) in [5, 5.41) is 14.9. The van der Waals surface area contributed by atoms with E-state index in [1.807, 2.05) is 6.07 Å². The zero-order valence-electron chi connectivity index (χ0n) is 14.9. The Hall–Kier alpha value is -1.59. The van der Waals surface area contributed by atoms with Crippen molar-refractivity contribution < 1.29 is 9.90 Å². The summed E-state index contributed by atoms with van der Waals surface area (Å²) >= 11 is 0. The average Bonchev–Trinajstić information content (AvgIpc) is 2.56. The number of piperidine rings is 1. The molecule has 5 nitrogen and oxygen atoms in total. The van der Waals surface area contributed by atoms with Crippen LogP contribution >= 0.6 is 0 Å². The Balaban J connectivity index is 1.81. The summed E-state index contributed by atoms with van der Waals surface area (Å²) in [4.78, 5) is 14.3. The molecule has 3 N–H and O–H groups in total. The lowest BCUT2D eigenvalue weighted by atomic mass is 9.98. The molecule has 0 bridgehead atoms. The molecule has 2 amide bonds. The summed E-state index contributed by atoms with van der Waals surface area (Å²) in [6, 6.07) is 8.13. The van der Waals surface area contributed by atoms with E-state index in [2.05, 4.69) is 40.7 Å². The number of urea groups is 1. The number of amides is 2. The molecule has 1 aromatic carbocycles. The fraction of sp³-hybridized carbons (Fsp3) is 0.632. The quantitative estimate of drug-likeness (QED) is 0.718. The molecule has 0 radical (unpaired) electrons. The van der Waals surface area contributed by atoms with Crippen LogP contribution < -0.4 is 10.6 Å². The molecule has 134 valence electrons. The molecule has 1 aromatic rings. The molecule has 0 spiro atoms. The molecule has 5 heteroatoms. The van der Waals surface area contributed by atoms with Gasteiger partial charge in [-0.3, -0.25) is 4.90 Å². The highest BCUT2D eigenvalue weighted by Crippen LogP contribution is 2.19. The molecule has 1 saturated heterocycles. The maximum Gasteiger partial charge on any atom is 0.315 e. The molecule has 24 heavy (non-hydrogen) atoms. The minimum Gasteiger partial charge on any atom is -0.393 e. The molecule has 0 aromatic heterocycles. The minimum atomic E-state index is -0.390. The number of rotatable bonds is 7. The van der Waals surface area contributed by atoms with Gasteiger partial charge in [0.15, 0.2) is 0 Å². The van der Waals surface area contributed by atoms with Gasteiger partial charge < -0.3 is 15.7 Å². The number of aliphatic hydroxyl groups is 1. The number of hydrogen-bond donors (Lipinski definition) is 3. The smallest absolute Gasteiger partial charge is 0.315 e. The van der Waals surface area contributed by atoms with Gasteiger partial charge in [0.1, 0.15) is 0 Å². The molecule has 1 aliphatic rings. The summed E-state index contributed by atoms with van der Waals surface area (Å²) in [7, 11) is 0. The standard InChI is InChI=1S/C19H31N3O2/c1-15-8-11-22(12-9-15)14-18-6-4-3-5-17(18)13-21-19(24)20-10-7-16(2)23/h3-6,15-16,23H,7-14H2,1-2H3,(H2,20,21,24). The fourth-order valence-corrected chi connectivity index (χ4v) is 2.98. The van der Waals surface area contributed by atoms with Crippen LogP contribution in [0.1, 0.15) is 44.2 Å². The van der Waals surface area contributed by atoms with Gasteiger partial charge in [0, 0.05) is 19.6 Å². The van der Waals surface area contributed by atoms with E-state index in [4.69, 9.17) is 0 Å². The summed E-state index contributed by atoms with van der Waals surface area (Å²) in [6.45, 7) is 8.32. The third-order valence-corrected chi connectivity index (χ3v) is 4.68. The van der Waals surface area contributed by atoms with Crippen molar-refractivity contribution >= 4 is 6.03 Å². The van der Waals surface area contributed by atoms with Crippen molar-refractivity contribution in [3.05, 3.63) is 35.4 Å². The number of aliphatic hydroxyl groups excluding tert-OH is 1. The molecule has 1 aliphatic heterocycles. The molecule has 2 rings (SSSR count). The number of benzene rings is 1. The first-order valence-corrected chi connectivity index (χ1v) is 9.03. The first-order valence-electron chi connectivity index (χ1n) is 9.03. The number of carbonyl (C=O) groups excluding carboxylic acids is 1. The first-order chi connectivity index (χ1) is 11.5. The third kappa shape index (κ3) is 6.49. The monoisotopic (exact) mass is 333 g/mol. The van der Waals surface area contributed by atoms with Gasteiger partial charge in [-0.05, 0) is 56.3 Å². The Kier molecular flexibility index (Phi) is 7.53. The number of hydrogen-bond acceptors (Lipinski definition) is 3. The normalized spacial score (nSPS) is 17.5. The molecule has 0 saturated carbocycles. The highest BCUT2D eigenvalue weighted by molar-refractivity contribution is 5.73. The molecule has 1 unspecified atom stereocenters. The fourth-order valence-electron chi connectivity index (χ4n) is 2.98. The van der Waals surface area contributed by atoms with Crippen LogP contribution in [0, 0.1) is 5.92 Å². The number of nitrogens with zero attached hydrogens (tertiary/aromatic N) is 1. The van der Waals surface area contributed by atoms with Crippen LogP contribution in [-0.4, -0.2) is 41.8 Å². The van der Waals surface area contributed by atoms with Crippen LogP contribution in [0.25, 0.3) is 0 Å². The lowest BCUT2D eigenvalue weighted by Crippen LogP contribution is -2.37. The van der Waals surface area contributed by atoms with Crippen molar-refractivity contribution in [3.63, 3.8) is 0 Å². The van der Waals surface area contributed by atoms with Gasteiger partial charge in [0.25, 0.3) is 0 Å². The second-order valence-corrected chi connectivity index (χ2v) is 6.97. The third-order valence-electron chi connectivity index (χ3n) is 4.68. The van der Waals surface area contributed by atoms with E-state index in [-0.39, 0.29) is 6.03 Å². The van der Waals surface area contributed by atoms with Gasteiger partial charge >= 0.3 is 6.03 Å². The predicted octanol–water partition coefficient (Wildman–Crippen LogP) is 2.49. The summed E-state index contributed by atoms with van der Waals surface area (Å²) in [6.07, 6.45) is 2.72. The van der Waals surface area contributed by atoms with E-state index in [0.717, 1.165) is 25.6 Å². The van der Waals surface area contributed by atoms with Gasteiger partial charge in [-0.2, -0.15) is 0 Å². The summed E-state index contributed by atoms with van der Waals surface area (Å²) < 4.78 is 0. The summed E-state index contributed by atoms with van der Waals surface area (Å²) in [5.74, 6) is 0.837. The Morgan fingerprint density at radius 1 is 1.25 bits per heavy atom. The largest absolute Gasteiger partial charge is 0.393 e. The maximum absolute atomic E-state index is 11.8. The van der Waals surface area contributed by atoms with Gasteiger partial charge in [-0.15, -0.1) is 0 Å². The Morgan fingerprint density at radius 3 is 2.58 bits per heavy atom. The van der Waals surface area contributed by atoms with Gasteiger partial charge in [-0.25, -0.2) is 4.79 Å². The van der Waals surface area contributed by atoms with Crippen LogP contribution in [0.3, 0.4) is 0 Å². The predicted molar refractivity (Wildman–Crippen MR) is 96.7 cm³/mol. The van der Waals surface area contributed by atoms with E-state index in [9.17, 15) is 9.90 Å². The van der Waals surface area contributed by atoms with Gasteiger partial charge in [0.2, 0.25) is 0 Å². The zero-order valence-corrected chi connectivity index (χ0v) is 14.9. The highest BCUT2D eigenvalue weighted by Gasteiger charge is 2.16. The van der Waals surface area contributed by atoms with Gasteiger partial charge in [-0.1, -0.05) is 31.2 Å². The van der Waals surface area contributed by atoms with Crippen LogP contribution in [0.5, 0.6) is 0 Å². The molecular weight excluding hydrogens is 302 g/mol. The van der Waals surface area contributed by atoms with Crippen molar-refractivity contribution in [1.29, 1.82) is 0 Å². The van der Waals surface area contributed by atoms with Crippen molar-refractivity contribution in [2.45, 2.75) is 52.3 Å². The molecule has 1 atom stereocenters. The van der Waals surface area contributed by atoms with Crippen molar-refractivity contribution in [2.75, 3.05) is 19.6 Å². The van der Waals surface area contributed by atoms with E-state index in [1.54, 1.807) is 6.92 Å². The van der Waals surface area contributed by atoms with Crippen molar-refractivity contribution in [3.8, 4) is 0 Å². The van der Waals surface area contributed by atoms with Crippen LogP contribution in [0.15, 0.2) is 24.3 Å². The first kappa shape index (κ1) is 18.7. The zero-order chi connectivity index (χ0) is 17.4. The lowest BCUT2D eigenvalue weighted by Gasteiger charge is -2.30. The maximum atomic E-state index is 11.8. The molecular formula is C19H31N3O2. The molecule has 1 heterocycles. The number of carbonyl (C=O) groups is 1. The van der Waals surface area contributed by atoms with Crippen LogP contribution in [0.2, 0.25) is 0 Å². The molecule has 1 fully saturated rings. The van der Waals surface area contributed by atoms with Crippen LogP contribution in [-0.2, 0) is 13.1 Å². The second kappa shape index (κ2) is 9.64. The van der Waals surface area contributed by atoms with Gasteiger partial charge in [0.05, 0.1) is 6.10 Å². The number of likely N-dealkylation sites (tertiary alicyclic amines) is 1. The van der Waals surface area contributed by atoms with Crippen molar-refractivity contribution in [2.24, 2.45) is 5.92 Å². The Bertz CT molecular complexity index is 511. The Labute approximate surface area is 145 Å². The lowest BCUT2D eigenvalue weighted by molar-refractivity contribution is 0.183. The Morgan fingerprint density at radius 2 is 1.92 bits per heavy atom. The average molecular weight is 333 g/mol. The second-order valence-electron chi connectivity index (χ2n) is 6.97. The van der Waals surface area contributed by atoms with E-state index >= 15 is 0 Å². The number of nitrogens with one attached hydrogen (secondary N) is 2. The van der Waals surface area contributed by atoms with E-state index in [0.29, 0.717) is 19.5 Å². The summed E-state index contributed by atoms with van der Waals surface area (Å²) in [5.41, 5.74) is 2.46. The minimum absolute atomic E-state index is 0.183. The van der Waals surface area contributed by atoms with E-state index < -0.39 is 6.10 Å². The SMILES string of the molecule is CC(O)CCNC(=O)NCc1ccccc1CN1CCC(C)CC1. The van der Waals surface area contributed by atoms with Crippen molar-refractivity contribution in [1.82, 2.24) is 15.5 Å². The van der Waals surface area contributed by atoms with Crippen LogP contribution in [0.4, 0.5) is 4.79 Å². The molecule has 0 aliphatic carbocycles. The van der Waals surface area contributed by atoms with E-state index in [1.165, 1.54) is 24.0 Å².